The molecule has 0 saturated carbocycles. The lowest BCUT2D eigenvalue weighted by molar-refractivity contribution is 0.0802. The van der Waals surface area contributed by atoms with E-state index in [0.29, 0.717) is 5.56 Å². The van der Waals surface area contributed by atoms with E-state index in [1.807, 2.05) is 0 Å². The lowest BCUT2D eigenvalue weighted by Crippen LogP contribution is -2.34. The normalized spacial score (nSPS) is 11.9. The zero-order valence-corrected chi connectivity index (χ0v) is 14.1. The van der Waals surface area contributed by atoms with Crippen LogP contribution in [0.5, 0.6) is 5.75 Å². The Morgan fingerprint density at radius 3 is 2.80 bits per heavy atom. The van der Waals surface area contributed by atoms with Gasteiger partial charge >= 0.3 is 0 Å². The fraction of sp³-hybridized carbons (Fsp3) is 0.375. The van der Waals surface area contributed by atoms with Crippen molar-refractivity contribution in [1.29, 1.82) is 0 Å². The van der Waals surface area contributed by atoms with Crippen molar-refractivity contribution in [2.45, 2.75) is 6.10 Å². The molecule has 8 nitrogen and oxygen atoms in total. The van der Waals surface area contributed by atoms with Crippen LogP contribution in [0.4, 0.5) is 10.2 Å². The Morgan fingerprint density at radius 2 is 2.20 bits per heavy atom. The summed E-state index contributed by atoms with van der Waals surface area (Å²) in [4.78, 5) is 14.1. The number of benzene rings is 1. The molecule has 0 aliphatic rings. The first-order chi connectivity index (χ1) is 11.9. The Morgan fingerprint density at radius 1 is 1.48 bits per heavy atom. The van der Waals surface area contributed by atoms with Gasteiger partial charge in [-0.05, 0) is 18.2 Å². The molecule has 1 heterocycles. The van der Waals surface area contributed by atoms with Crippen molar-refractivity contribution >= 4 is 11.7 Å². The standard InChI is InChI=1S/C16H20FN3O5/c1-20(2)15-13(16(23)18-7-10(22)8-21)14(25-19-15)9-4-5-11(17)12(6-9)24-3/h4-6,10,21-22H,7-8H2,1-3H3,(H,18,23)/t10-/m1/s1. The summed E-state index contributed by atoms with van der Waals surface area (Å²) >= 11 is 0. The van der Waals surface area contributed by atoms with Crippen LogP contribution >= 0.6 is 0 Å². The molecule has 2 aromatic rings. The van der Waals surface area contributed by atoms with Gasteiger partial charge in [-0.25, -0.2) is 4.39 Å². The van der Waals surface area contributed by atoms with Crippen LogP contribution in [0.2, 0.25) is 0 Å². The topological polar surface area (TPSA) is 108 Å². The number of aromatic nitrogens is 1. The molecule has 1 atom stereocenters. The highest BCUT2D eigenvalue weighted by Crippen LogP contribution is 2.33. The molecular formula is C16H20FN3O5. The molecule has 1 aromatic carbocycles. The van der Waals surface area contributed by atoms with Crippen molar-refractivity contribution < 1.29 is 28.7 Å². The molecule has 3 N–H and O–H groups in total. The third kappa shape index (κ3) is 4.06. The molecule has 0 unspecified atom stereocenters. The van der Waals surface area contributed by atoms with E-state index in [9.17, 15) is 14.3 Å². The number of amides is 1. The second-order valence-corrected chi connectivity index (χ2v) is 5.50. The molecule has 136 valence electrons. The predicted molar refractivity (Wildman–Crippen MR) is 88.2 cm³/mol. The number of ether oxygens (including phenoxy) is 1. The molecule has 9 heteroatoms. The number of anilines is 1. The zero-order valence-electron chi connectivity index (χ0n) is 14.1. The summed E-state index contributed by atoms with van der Waals surface area (Å²) in [6, 6.07) is 4.04. The van der Waals surface area contributed by atoms with Crippen LogP contribution in [0.3, 0.4) is 0 Å². The molecule has 0 saturated heterocycles. The van der Waals surface area contributed by atoms with E-state index < -0.39 is 24.4 Å². The number of hydrogen-bond acceptors (Lipinski definition) is 7. The molecule has 2 rings (SSSR count). The first-order valence-corrected chi connectivity index (χ1v) is 7.47. The number of hydrogen-bond donors (Lipinski definition) is 3. The van der Waals surface area contributed by atoms with Crippen LogP contribution in [0.25, 0.3) is 11.3 Å². The maximum absolute atomic E-state index is 13.6. The van der Waals surface area contributed by atoms with Crippen LogP contribution in [0.15, 0.2) is 22.7 Å². The van der Waals surface area contributed by atoms with Gasteiger partial charge in [-0.15, -0.1) is 0 Å². The lowest BCUT2D eigenvalue weighted by Gasteiger charge is -2.13. The van der Waals surface area contributed by atoms with E-state index >= 15 is 0 Å². The molecule has 0 aliphatic carbocycles. The van der Waals surface area contributed by atoms with Gasteiger partial charge in [0.25, 0.3) is 5.91 Å². The zero-order chi connectivity index (χ0) is 18.6. The van der Waals surface area contributed by atoms with Gasteiger partial charge in [0.2, 0.25) is 0 Å². The molecular weight excluding hydrogens is 333 g/mol. The number of aliphatic hydroxyl groups is 2. The maximum Gasteiger partial charge on any atom is 0.259 e. The van der Waals surface area contributed by atoms with Crippen molar-refractivity contribution in [3.63, 3.8) is 0 Å². The molecule has 0 fully saturated rings. The lowest BCUT2D eigenvalue weighted by atomic mass is 10.1. The average molecular weight is 353 g/mol. The molecule has 1 amide bonds. The predicted octanol–water partition coefficient (Wildman–Crippen LogP) is 0.638. The summed E-state index contributed by atoms with van der Waals surface area (Å²) in [7, 11) is 4.70. The number of halogens is 1. The SMILES string of the molecule is COc1cc(-c2onc(N(C)C)c2C(=O)NC[C@@H](O)CO)ccc1F. The summed E-state index contributed by atoms with van der Waals surface area (Å²) in [6.07, 6.45) is -1.08. The Hall–Kier alpha value is -2.65. The van der Waals surface area contributed by atoms with Crippen molar-refractivity contribution in [3.8, 4) is 17.1 Å². The number of carbonyl (C=O) groups is 1. The third-order valence-electron chi connectivity index (χ3n) is 3.45. The third-order valence-corrected chi connectivity index (χ3v) is 3.45. The Labute approximate surface area is 143 Å². The summed E-state index contributed by atoms with van der Waals surface area (Å²) < 4.78 is 23.9. The van der Waals surface area contributed by atoms with E-state index in [4.69, 9.17) is 14.4 Å². The first kappa shape index (κ1) is 18.7. The van der Waals surface area contributed by atoms with Gasteiger partial charge in [0, 0.05) is 26.2 Å². The van der Waals surface area contributed by atoms with Gasteiger partial charge in [-0.1, -0.05) is 5.16 Å². The largest absolute Gasteiger partial charge is 0.494 e. The summed E-state index contributed by atoms with van der Waals surface area (Å²) in [5, 5.41) is 24.6. The van der Waals surface area contributed by atoms with E-state index in [-0.39, 0.29) is 29.4 Å². The summed E-state index contributed by atoms with van der Waals surface area (Å²) in [6.45, 7) is -0.619. The average Bonchev–Trinajstić information content (AvgIpc) is 3.05. The van der Waals surface area contributed by atoms with E-state index in [2.05, 4.69) is 10.5 Å². The molecule has 0 bridgehead atoms. The monoisotopic (exact) mass is 353 g/mol. The number of carbonyl (C=O) groups excluding carboxylic acids is 1. The fourth-order valence-corrected chi connectivity index (χ4v) is 2.15. The summed E-state index contributed by atoms with van der Waals surface area (Å²) in [5.41, 5.74) is 0.538. The van der Waals surface area contributed by atoms with Gasteiger partial charge in [0.1, 0.15) is 5.56 Å². The van der Waals surface area contributed by atoms with Gasteiger partial charge < -0.3 is 29.7 Å². The van der Waals surface area contributed by atoms with Crippen LogP contribution < -0.4 is 15.0 Å². The minimum atomic E-state index is -1.08. The molecule has 25 heavy (non-hydrogen) atoms. The quantitative estimate of drug-likeness (QED) is 0.670. The van der Waals surface area contributed by atoms with Crippen molar-refractivity contribution in [1.82, 2.24) is 10.5 Å². The highest BCUT2D eigenvalue weighted by molar-refractivity contribution is 6.04. The minimum Gasteiger partial charge on any atom is -0.494 e. The van der Waals surface area contributed by atoms with Gasteiger partial charge in [0.05, 0.1) is 19.8 Å². The Kier molecular flexibility index (Phi) is 5.94. The van der Waals surface area contributed by atoms with Crippen LogP contribution in [0, 0.1) is 5.82 Å². The van der Waals surface area contributed by atoms with E-state index in [1.165, 1.54) is 25.3 Å². The van der Waals surface area contributed by atoms with E-state index in [1.54, 1.807) is 19.0 Å². The minimum absolute atomic E-state index is 0.00219. The number of nitrogens with one attached hydrogen (secondary N) is 1. The number of nitrogens with zero attached hydrogens (tertiary/aromatic N) is 2. The second kappa shape index (κ2) is 7.95. The molecule has 0 aliphatic heterocycles. The summed E-state index contributed by atoms with van der Waals surface area (Å²) in [5.74, 6) is -0.680. The molecule has 1 aromatic heterocycles. The smallest absolute Gasteiger partial charge is 0.259 e. The van der Waals surface area contributed by atoms with E-state index in [0.717, 1.165) is 0 Å². The maximum atomic E-state index is 13.6. The van der Waals surface area contributed by atoms with Gasteiger partial charge in [0.15, 0.2) is 23.1 Å². The van der Waals surface area contributed by atoms with Crippen molar-refractivity contribution in [2.24, 2.45) is 0 Å². The van der Waals surface area contributed by atoms with Crippen LogP contribution in [-0.2, 0) is 0 Å². The number of rotatable bonds is 7. The van der Waals surface area contributed by atoms with Crippen molar-refractivity contribution in [3.05, 3.63) is 29.6 Å². The van der Waals surface area contributed by atoms with Crippen molar-refractivity contribution in [2.75, 3.05) is 39.3 Å². The fourth-order valence-electron chi connectivity index (χ4n) is 2.15. The van der Waals surface area contributed by atoms with Gasteiger partial charge in [-0.3, -0.25) is 4.79 Å². The second-order valence-electron chi connectivity index (χ2n) is 5.50. The Bertz CT molecular complexity index is 747. The number of methoxy groups -OCH3 is 1. The van der Waals surface area contributed by atoms with Crippen LogP contribution in [-0.4, -0.2) is 61.7 Å². The van der Waals surface area contributed by atoms with Gasteiger partial charge in [-0.2, -0.15) is 0 Å². The number of aliphatic hydroxyl groups excluding tert-OH is 2. The highest BCUT2D eigenvalue weighted by atomic mass is 19.1. The first-order valence-electron chi connectivity index (χ1n) is 7.47. The Balaban J connectivity index is 2.44. The molecule has 0 radical (unpaired) electrons. The molecule has 0 spiro atoms. The highest BCUT2D eigenvalue weighted by Gasteiger charge is 2.26. The van der Waals surface area contributed by atoms with Crippen LogP contribution in [0.1, 0.15) is 10.4 Å².